The fourth-order valence-corrected chi connectivity index (χ4v) is 0.774. The van der Waals surface area contributed by atoms with Crippen molar-refractivity contribution < 1.29 is 0 Å². The van der Waals surface area contributed by atoms with Crippen molar-refractivity contribution in [1.82, 2.24) is 4.98 Å². The summed E-state index contributed by atoms with van der Waals surface area (Å²) in [7, 11) is 0. The highest BCUT2D eigenvalue weighted by Gasteiger charge is 1.96. The van der Waals surface area contributed by atoms with Crippen molar-refractivity contribution in [2.75, 3.05) is 0 Å². The van der Waals surface area contributed by atoms with E-state index in [9.17, 15) is 0 Å². The molecule has 2 heteroatoms. The van der Waals surface area contributed by atoms with Crippen LogP contribution in [0.25, 0.3) is 0 Å². The summed E-state index contributed by atoms with van der Waals surface area (Å²) in [6, 6.07) is 3.83. The van der Waals surface area contributed by atoms with Gasteiger partial charge < -0.3 is 0 Å². The molecule has 0 saturated heterocycles. The third-order valence-electron chi connectivity index (χ3n) is 1.17. The van der Waals surface area contributed by atoms with E-state index in [0.29, 0.717) is 0 Å². The van der Waals surface area contributed by atoms with E-state index in [0.717, 1.165) is 5.56 Å². The maximum Gasteiger partial charge on any atom is 0.0558 e. The monoisotopic (exact) mass is 141 g/mol. The highest BCUT2D eigenvalue weighted by molar-refractivity contribution is 6.20. The molecule has 0 spiro atoms. The van der Waals surface area contributed by atoms with Crippen molar-refractivity contribution in [3.8, 4) is 0 Å². The molecule has 1 atom stereocenters. The lowest BCUT2D eigenvalue weighted by Gasteiger charge is -1.98. The molecular weight excluding hydrogens is 134 g/mol. The summed E-state index contributed by atoms with van der Waals surface area (Å²) in [5.74, 6) is 0. The second-order valence-electron chi connectivity index (χ2n) is 1.90. The molecule has 1 aromatic heterocycles. The van der Waals surface area contributed by atoms with Crippen LogP contribution in [0, 0.1) is 0 Å². The average Bonchev–Trinajstić information content (AvgIpc) is 1.90. The van der Waals surface area contributed by atoms with Gasteiger partial charge in [-0.3, -0.25) is 4.98 Å². The summed E-state index contributed by atoms with van der Waals surface area (Å²) in [5, 5.41) is 0.0907. The molecule has 1 aromatic rings. The predicted octanol–water partition coefficient (Wildman–Crippen LogP) is 2.38. The Morgan fingerprint density at radius 2 is 2.00 bits per heavy atom. The van der Waals surface area contributed by atoms with E-state index in [4.69, 9.17) is 11.6 Å². The molecular formula is C7H8ClN. The summed E-state index contributed by atoms with van der Waals surface area (Å²) < 4.78 is 0. The molecule has 1 nitrogen and oxygen atoms in total. The summed E-state index contributed by atoms with van der Waals surface area (Å²) in [4.78, 5) is 3.87. The van der Waals surface area contributed by atoms with Crippen molar-refractivity contribution in [2.24, 2.45) is 0 Å². The summed E-state index contributed by atoms with van der Waals surface area (Å²) >= 11 is 5.78. The van der Waals surface area contributed by atoms with E-state index >= 15 is 0 Å². The van der Waals surface area contributed by atoms with E-state index < -0.39 is 0 Å². The van der Waals surface area contributed by atoms with Crippen LogP contribution in [0.15, 0.2) is 24.5 Å². The maximum atomic E-state index is 5.78. The van der Waals surface area contributed by atoms with Crippen LogP contribution in [-0.2, 0) is 0 Å². The molecule has 0 saturated carbocycles. The predicted molar refractivity (Wildman–Crippen MR) is 38.5 cm³/mol. The number of halogens is 1. The van der Waals surface area contributed by atoms with Crippen LogP contribution >= 0.6 is 11.6 Å². The summed E-state index contributed by atoms with van der Waals surface area (Å²) in [5.41, 5.74) is 1.12. The summed E-state index contributed by atoms with van der Waals surface area (Å²) in [6.07, 6.45) is 3.49. The molecule has 1 heterocycles. The Kier molecular flexibility index (Phi) is 2.06. The van der Waals surface area contributed by atoms with Gasteiger partial charge >= 0.3 is 0 Å². The van der Waals surface area contributed by atoms with E-state index in [-0.39, 0.29) is 5.38 Å². The minimum Gasteiger partial charge on any atom is -0.265 e. The van der Waals surface area contributed by atoms with Crippen LogP contribution in [-0.4, -0.2) is 4.98 Å². The van der Waals surface area contributed by atoms with Gasteiger partial charge in [0.25, 0.3) is 0 Å². The van der Waals surface area contributed by atoms with Gasteiger partial charge in [0, 0.05) is 12.4 Å². The van der Waals surface area contributed by atoms with E-state index in [1.807, 2.05) is 19.1 Å². The number of rotatable bonds is 1. The Bertz CT molecular complexity index is 172. The zero-order valence-electron chi connectivity index (χ0n) is 5.21. The molecule has 0 unspecified atom stereocenters. The number of alkyl halides is 1. The van der Waals surface area contributed by atoms with Crippen molar-refractivity contribution in [2.45, 2.75) is 12.3 Å². The fraction of sp³-hybridized carbons (Fsp3) is 0.286. The van der Waals surface area contributed by atoms with Gasteiger partial charge in [-0.2, -0.15) is 0 Å². The third-order valence-corrected chi connectivity index (χ3v) is 1.42. The fourth-order valence-electron chi connectivity index (χ4n) is 0.629. The zero-order valence-corrected chi connectivity index (χ0v) is 5.97. The molecule has 0 aliphatic carbocycles. The number of hydrogen-bond acceptors (Lipinski definition) is 1. The Balaban J connectivity index is 2.85. The van der Waals surface area contributed by atoms with Crippen molar-refractivity contribution in [1.29, 1.82) is 0 Å². The number of aromatic nitrogens is 1. The number of hydrogen-bond donors (Lipinski definition) is 0. The van der Waals surface area contributed by atoms with E-state index in [1.165, 1.54) is 0 Å². The molecule has 0 amide bonds. The van der Waals surface area contributed by atoms with Gasteiger partial charge in [-0.25, -0.2) is 0 Å². The molecule has 48 valence electrons. The highest BCUT2D eigenvalue weighted by Crippen LogP contribution is 2.16. The highest BCUT2D eigenvalue weighted by atomic mass is 35.5. The Labute approximate surface area is 59.7 Å². The second kappa shape index (κ2) is 2.83. The van der Waals surface area contributed by atoms with Crippen LogP contribution in [0.5, 0.6) is 0 Å². The first-order valence-corrected chi connectivity index (χ1v) is 3.28. The smallest absolute Gasteiger partial charge is 0.0558 e. The molecule has 0 bridgehead atoms. The molecule has 1 rings (SSSR count). The average molecular weight is 142 g/mol. The molecule has 0 aromatic carbocycles. The Hall–Kier alpha value is -0.560. The molecule has 0 N–H and O–H groups in total. The minimum absolute atomic E-state index is 0.0907. The quantitative estimate of drug-likeness (QED) is 0.548. The Morgan fingerprint density at radius 1 is 1.44 bits per heavy atom. The van der Waals surface area contributed by atoms with Gasteiger partial charge in [-0.05, 0) is 24.6 Å². The van der Waals surface area contributed by atoms with Crippen LogP contribution < -0.4 is 0 Å². The minimum atomic E-state index is 0.0907. The van der Waals surface area contributed by atoms with Crippen LogP contribution in [0.1, 0.15) is 17.9 Å². The SMILES string of the molecule is C[C@H](Cl)c1ccncc1. The van der Waals surface area contributed by atoms with Crippen LogP contribution in [0.2, 0.25) is 0 Å². The first kappa shape index (κ1) is 6.56. The van der Waals surface area contributed by atoms with Crippen molar-refractivity contribution >= 4 is 11.6 Å². The van der Waals surface area contributed by atoms with Crippen LogP contribution in [0.3, 0.4) is 0 Å². The lowest BCUT2D eigenvalue weighted by atomic mass is 10.2. The van der Waals surface area contributed by atoms with E-state index in [2.05, 4.69) is 4.98 Å². The first-order valence-electron chi connectivity index (χ1n) is 2.84. The zero-order chi connectivity index (χ0) is 6.69. The number of pyridine rings is 1. The van der Waals surface area contributed by atoms with Gasteiger partial charge in [0.1, 0.15) is 0 Å². The van der Waals surface area contributed by atoms with Gasteiger partial charge in [0.05, 0.1) is 5.38 Å². The molecule has 9 heavy (non-hydrogen) atoms. The molecule has 0 aliphatic heterocycles. The molecule has 0 aliphatic rings. The van der Waals surface area contributed by atoms with Gasteiger partial charge in [0.15, 0.2) is 0 Å². The standard InChI is InChI=1S/C7H8ClN/c1-6(8)7-2-4-9-5-3-7/h2-6H,1H3/t6-/m0/s1. The molecule has 0 radical (unpaired) electrons. The Morgan fingerprint density at radius 3 is 2.33 bits per heavy atom. The lowest BCUT2D eigenvalue weighted by Crippen LogP contribution is -1.82. The first-order chi connectivity index (χ1) is 4.30. The molecule has 0 fully saturated rings. The second-order valence-corrected chi connectivity index (χ2v) is 2.55. The topological polar surface area (TPSA) is 12.9 Å². The normalized spacial score (nSPS) is 13.1. The third kappa shape index (κ3) is 1.68. The van der Waals surface area contributed by atoms with Gasteiger partial charge in [-0.15, -0.1) is 11.6 Å². The van der Waals surface area contributed by atoms with E-state index in [1.54, 1.807) is 12.4 Å². The number of nitrogens with zero attached hydrogens (tertiary/aromatic N) is 1. The van der Waals surface area contributed by atoms with Gasteiger partial charge in [0.2, 0.25) is 0 Å². The van der Waals surface area contributed by atoms with Crippen molar-refractivity contribution in [3.05, 3.63) is 30.1 Å². The lowest BCUT2D eigenvalue weighted by molar-refractivity contribution is 1.07. The van der Waals surface area contributed by atoms with Crippen molar-refractivity contribution in [3.63, 3.8) is 0 Å². The van der Waals surface area contributed by atoms with Crippen LogP contribution in [0.4, 0.5) is 0 Å². The maximum absolute atomic E-state index is 5.78. The summed E-state index contributed by atoms with van der Waals surface area (Å²) in [6.45, 7) is 1.94. The largest absolute Gasteiger partial charge is 0.265 e. The van der Waals surface area contributed by atoms with Gasteiger partial charge in [-0.1, -0.05) is 0 Å².